The number of rotatable bonds is 3. The van der Waals surface area contributed by atoms with Gasteiger partial charge in [-0.05, 0) is 37.8 Å². The number of ketones is 1. The summed E-state index contributed by atoms with van der Waals surface area (Å²) in [5, 5.41) is 0. The number of para-hydroxylation sites is 1. The molecule has 0 saturated heterocycles. The van der Waals surface area contributed by atoms with Crippen molar-refractivity contribution < 1.29 is 9.53 Å². The topological polar surface area (TPSA) is 26.3 Å². The summed E-state index contributed by atoms with van der Waals surface area (Å²) < 4.78 is 5.88. The third kappa shape index (κ3) is 2.84. The predicted octanol–water partition coefficient (Wildman–Crippen LogP) is 3.21. The zero-order valence-corrected chi connectivity index (χ0v) is 9.69. The summed E-state index contributed by atoms with van der Waals surface area (Å²) in [6.07, 6.45) is 3.62. The number of benzene rings is 1. The van der Waals surface area contributed by atoms with Crippen molar-refractivity contribution in [3.8, 4) is 5.75 Å². The molecule has 1 saturated carbocycles. The highest BCUT2D eigenvalue weighted by molar-refractivity contribution is 5.79. The molecule has 1 aromatic rings. The summed E-state index contributed by atoms with van der Waals surface area (Å²) in [7, 11) is 0. The van der Waals surface area contributed by atoms with E-state index < -0.39 is 0 Å². The van der Waals surface area contributed by atoms with Gasteiger partial charge in [-0.2, -0.15) is 0 Å². The van der Waals surface area contributed by atoms with Gasteiger partial charge in [-0.1, -0.05) is 18.2 Å². The maximum atomic E-state index is 11.1. The van der Waals surface area contributed by atoms with E-state index in [1.54, 1.807) is 0 Å². The van der Waals surface area contributed by atoms with Gasteiger partial charge in [-0.25, -0.2) is 0 Å². The van der Waals surface area contributed by atoms with Crippen LogP contribution in [-0.2, 0) is 4.79 Å². The summed E-state index contributed by atoms with van der Waals surface area (Å²) >= 11 is 0. The van der Waals surface area contributed by atoms with Gasteiger partial charge < -0.3 is 4.74 Å². The largest absolute Gasteiger partial charge is 0.490 e. The van der Waals surface area contributed by atoms with E-state index in [0.717, 1.165) is 31.4 Å². The Bertz CT molecular complexity index is 335. The third-order valence-corrected chi connectivity index (χ3v) is 3.32. The first-order valence-electron chi connectivity index (χ1n) is 5.99. The van der Waals surface area contributed by atoms with Crippen LogP contribution in [0.4, 0.5) is 0 Å². The van der Waals surface area contributed by atoms with E-state index >= 15 is 0 Å². The molecule has 0 heterocycles. The number of ether oxygens (including phenoxy) is 1. The Kier molecular flexibility index (Phi) is 3.60. The van der Waals surface area contributed by atoms with Crippen LogP contribution in [0.5, 0.6) is 5.75 Å². The van der Waals surface area contributed by atoms with E-state index in [2.05, 4.69) is 6.92 Å². The average molecular weight is 218 g/mol. The summed E-state index contributed by atoms with van der Waals surface area (Å²) in [6, 6.07) is 9.89. The van der Waals surface area contributed by atoms with Gasteiger partial charge in [-0.15, -0.1) is 0 Å². The van der Waals surface area contributed by atoms with E-state index in [1.165, 1.54) is 0 Å². The van der Waals surface area contributed by atoms with E-state index in [0.29, 0.717) is 11.7 Å². The molecule has 0 amide bonds. The van der Waals surface area contributed by atoms with Gasteiger partial charge >= 0.3 is 0 Å². The van der Waals surface area contributed by atoms with Gasteiger partial charge in [0.25, 0.3) is 0 Å². The maximum Gasteiger partial charge on any atom is 0.132 e. The zero-order chi connectivity index (χ0) is 11.4. The highest BCUT2D eigenvalue weighted by Gasteiger charge is 2.24. The molecule has 0 N–H and O–H groups in total. The van der Waals surface area contributed by atoms with Crippen molar-refractivity contribution in [1.29, 1.82) is 0 Å². The van der Waals surface area contributed by atoms with E-state index in [1.807, 2.05) is 30.3 Å². The summed E-state index contributed by atoms with van der Waals surface area (Å²) in [4.78, 5) is 11.1. The van der Waals surface area contributed by atoms with Crippen molar-refractivity contribution in [2.75, 3.05) is 0 Å². The third-order valence-electron chi connectivity index (χ3n) is 3.32. The second-order valence-electron chi connectivity index (χ2n) is 4.51. The molecule has 86 valence electrons. The fraction of sp³-hybridized carbons (Fsp3) is 0.500. The lowest BCUT2D eigenvalue weighted by molar-refractivity contribution is -0.121. The van der Waals surface area contributed by atoms with Crippen molar-refractivity contribution in [3.63, 3.8) is 0 Å². The molecule has 2 heteroatoms. The van der Waals surface area contributed by atoms with Crippen molar-refractivity contribution in [3.05, 3.63) is 30.3 Å². The van der Waals surface area contributed by atoms with Gasteiger partial charge in [0.1, 0.15) is 11.5 Å². The minimum Gasteiger partial charge on any atom is -0.490 e. The Labute approximate surface area is 96.6 Å². The number of hydrogen-bond donors (Lipinski definition) is 0. The van der Waals surface area contributed by atoms with Crippen LogP contribution in [0.15, 0.2) is 30.3 Å². The quantitative estimate of drug-likeness (QED) is 0.778. The molecule has 0 aliphatic heterocycles. The summed E-state index contributed by atoms with van der Waals surface area (Å²) in [5.74, 6) is 1.85. The SMILES string of the molecule is CC(Oc1ccccc1)C1CCC(=O)CC1. The number of Topliss-reactive ketones (excluding diaryl/α,β-unsaturated/α-hetero) is 1. The summed E-state index contributed by atoms with van der Waals surface area (Å²) in [5.41, 5.74) is 0. The van der Waals surface area contributed by atoms with Crippen molar-refractivity contribution in [2.24, 2.45) is 5.92 Å². The molecule has 1 aromatic carbocycles. The lowest BCUT2D eigenvalue weighted by Gasteiger charge is -2.27. The lowest BCUT2D eigenvalue weighted by atomic mass is 9.85. The van der Waals surface area contributed by atoms with Crippen LogP contribution in [-0.4, -0.2) is 11.9 Å². The Morgan fingerprint density at radius 2 is 1.81 bits per heavy atom. The van der Waals surface area contributed by atoms with Gasteiger partial charge in [0.05, 0.1) is 6.10 Å². The molecular weight excluding hydrogens is 200 g/mol. The fourth-order valence-corrected chi connectivity index (χ4v) is 2.24. The molecule has 2 nitrogen and oxygen atoms in total. The Morgan fingerprint density at radius 3 is 2.44 bits per heavy atom. The molecule has 0 bridgehead atoms. The standard InChI is InChI=1S/C14H18O2/c1-11(12-7-9-13(15)10-8-12)16-14-5-3-2-4-6-14/h2-6,11-12H,7-10H2,1H3. The molecule has 1 aliphatic carbocycles. The first kappa shape index (κ1) is 11.2. The number of carbonyl (C=O) groups excluding carboxylic acids is 1. The maximum absolute atomic E-state index is 11.1. The lowest BCUT2D eigenvalue weighted by Crippen LogP contribution is -2.28. The first-order valence-corrected chi connectivity index (χ1v) is 5.99. The Balaban J connectivity index is 1.88. The fourth-order valence-electron chi connectivity index (χ4n) is 2.24. The van der Waals surface area contributed by atoms with Crippen LogP contribution in [0.3, 0.4) is 0 Å². The van der Waals surface area contributed by atoms with Crippen LogP contribution in [0.2, 0.25) is 0 Å². The zero-order valence-electron chi connectivity index (χ0n) is 9.69. The van der Waals surface area contributed by atoms with Gasteiger partial charge in [0.15, 0.2) is 0 Å². The number of carbonyl (C=O) groups is 1. The molecule has 0 spiro atoms. The minimum absolute atomic E-state index is 0.204. The van der Waals surface area contributed by atoms with Crippen LogP contribution in [0.25, 0.3) is 0 Å². The molecule has 0 radical (unpaired) electrons. The summed E-state index contributed by atoms with van der Waals surface area (Å²) in [6.45, 7) is 2.10. The monoisotopic (exact) mass is 218 g/mol. The van der Waals surface area contributed by atoms with E-state index in [4.69, 9.17) is 4.74 Å². The highest BCUT2D eigenvalue weighted by Crippen LogP contribution is 2.27. The second-order valence-corrected chi connectivity index (χ2v) is 4.51. The van der Waals surface area contributed by atoms with Crippen molar-refractivity contribution in [1.82, 2.24) is 0 Å². The van der Waals surface area contributed by atoms with Crippen LogP contribution in [0, 0.1) is 5.92 Å². The molecule has 1 fully saturated rings. The smallest absolute Gasteiger partial charge is 0.132 e. The van der Waals surface area contributed by atoms with Crippen molar-refractivity contribution >= 4 is 5.78 Å². The first-order chi connectivity index (χ1) is 7.75. The normalized spacial score (nSPS) is 19.4. The Morgan fingerprint density at radius 1 is 1.19 bits per heavy atom. The average Bonchev–Trinajstić information content (AvgIpc) is 2.31. The molecule has 2 rings (SSSR count). The second kappa shape index (κ2) is 5.15. The van der Waals surface area contributed by atoms with Crippen molar-refractivity contribution in [2.45, 2.75) is 38.7 Å². The van der Waals surface area contributed by atoms with Crippen LogP contribution < -0.4 is 4.74 Å². The van der Waals surface area contributed by atoms with Crippen LogP contribution in [0.1, 0.15) is 32.6 Å². The Hall–Kier alpha value is -1.31. The van der Waals surface area contributed by atoms with E-state index in [9.17, 15) is 4.79 Å². The highest BCUT2D eigenvalue weighted by atomic mass is 16.5. The molecular formula is C14H18O2. The van der Waals surface area contributed by atoms with Gasteiger partial charge in [0, 0.05) is 12.8 Å². The molecule has 1 unspecified atom stereocenters. The molecule has 1 atom stereocenters. The molecule has 16 heavy (non-hydrogen) atoms. The molecule has 1 aliphatic rings. The van der Waals surface area contributed by atoms with Gasteiger partial charge in [0.2, 0.25) is 0 Å². The minimum atomic E-state index is 0.204. The van der Waals surface area contributed by atoms with E-state index in [-0.39, 0.29) is 6.10 Å². The predicted molar refractivity (Wildman–Crippen MR) is 63.5 cm³/mol. The number of hydrogen-bond acceptors (Lipinski definition) is 2. The van der Waals surface area contributed by atoms with Crippen LogP contribution >= 0.6 is 0 Å². The van der Waals surface area contributed by atoms with Gasteiger partial charge in [-0.3, -0.25) is 4.79 Å². The molecule has 0 aromatic heterocycles.